The molecule has 4 nitrogen and oxygen atoms in total. The number of hydrogen-bond acceptors (Lipinski definition) is 4. The van der Waals surface area contributed by atoms with Crippen LogP contribution in [0, 0.1) is 0 Å². The average molecular weight is 279 g/mol. The number of hydrogen-bond donors (Lipinski definition) is 0. The molecule has 0 radical (unpaired) electrons. The molecule has 0 atom stereocenters. The number of aldehydes is 1. The predicted molar refractivity (Wildman–Crippen MR) is 78.1 cm³/mol. The Morgan fingerprint density at radius 2 is 1.81 bits per heavy atom. The molecule has 0 unspecified atom stereocenters. The predicted octanol–water partition coefficient (Wildman–Crippen LogP) is 3.73. The van der Waals surface area contributed by atoms with Crippen molar-refractivity contribution in [3.05, 3.63) is 72.0 Å². The van der Waals surface area contributed by atoms with Gasteiger partial charge in [-0.1, -0.05) is 35.5 Å². The normalized spacial score (nSPS) is 10.3. The van der Waals surface area contributed by atoms with Crippen molar-refractivity contribution >= 4 is 6.29 Å². The summed E-state index contributed by atoms with van der Waals surface area (Å²) in [5, 5.41) is 4.02. The summed E-state index contributed by atoms with van der Waals surface area (Å²) in [6.45, 7) is 0.292. The zero-order valence-electron chi connectivity index (χ0n) is 11.2. The highest BCUT2D eigenvalue weighted by Gasteiger charge is 2.06. The van der Waals surface area contributed by atoms with Crippen molar-refractivity contribution in [1.82, 2.24) is 5.16 Å². The quantitative estimate of drug-likeness (QED) is 0.668. The first-order chi connectivity index (χ1) is 10.3. The first-order valence-corrected chi connectivity index (χ1v) is 6.54. The highest BCUT2D eigenvalue weighted by molar-refractivity contribution is 5.74. The van der Waals surface area contributed by atoms with Crippen LogP contribution in [0.15, 0.2) is 65.2 Å². The first-order valence-electron chi connectivity index (χ1n) is 6.54. The van der Waals surface area contributed by atoms with Crippen molar-refractivity contribution in [3.63, 3.8) is 0 Å². The van der Waals surface area contributed by atoms with Gasteiger partial charge in [-0.25, -0.2) is 0 Å². The van der Waals surface area contributed by atoms with Crippen LogP contribution in [0.4, 0.5) is 0 Å². The van der Waals surface area contributed by atoms with Gasteiger partial charge in [0.25, 0.3) is 0 Å². The lowest BCUT2D eigenvalue weighted by molar-refractivity contribution is 0.112. The third kappa shape index (κ3) is 3.17. The van der Waals surface area contributed by atoms with E-state index in [0.29, 0.717) is 23.7 Å². The molecule has 104 valence electrons. The van der Waals surface area contributed by atoms with E-state index in [1.165, 1.54) is 0 Å². The Hall–Kier alpha value is -2.88. The Labute approximate surface area is 122 Å². The molecule has 0 fully saturated rings. The summed E-state index contributed by atoms with van der Waals surface area (Å²) in [5.41, 5.74) is 2.40. The van der Waals surface area contributed by atoms with Gasteiger partial charge in [-0.3, -0.25) is 4.79 Å². The molecule has 3 aromatic rings. The second-order valence-corrected chi connectivity index (χ2v) is 4.52. The number of ether oxygens (including phenoxy) is 1. The zero-order valence-corrected chi connectivity index (χ0v) is 11.2. The fourth-order valence-electron chi connectivity index (χ4n) is 1.92. The average Bonchev–Trinajstić information content (AvgIpc) is 3.03. The summed E-state index contributed by atoms with van der Waals surface area (Å²) in [6, 6.07) is 18.6. The van der Waals surface area contributed by atoms with Crippen molar-refractivity contribution in [1.29, 1.82) is 0 Å². The number of carbonyl (C=O) groups is 1. The van der Waals surface area contributed by atoms with Gasteiger partial charge in [-0.15, -0.1) is 0 Å². The van der Waals surface area contributed by atoms with Crippen LogP contribution in [0.25, 0.3) is 11.3 Å². The number of nitrogens with zero attached hydrogens (tertiary/aromatic N) is 1. The van der Waals surface area contributed by atoms with E-state index in [2.05, 4.69) is 5.16 Å². The molecule has 2 aromatic carbocycles. The molecule has 1 aromatic heterocycles. The van der Waals surface area contributed by atoms with Gasteiger partial charge in [-0.2, -0.15) is 0 Å². The molecule has 0 spiro atoms. The van der Waals surface area contributed by atoms with E-state index in [1.807, 2.05) is 36.4 Å². The Balaban J connectivity index is 1.66. The molecule has 0 aliphatic carbocycles. The number of carbonyl (C=O) groups excluding carboxylic acids is 1. The van der Waals surface area contributed by atoms with Crippen molar-refractivity contribution in [2.75, 3.05) is 0 Å². The van der Waals surface area contributed by atoms with Crippen LogP contribution in [-0.4, -0.2) is 11.4 Å². The molecule has 0 N–H and O–H groups in total. The Morgan fingerprint density at radius 1 is 1.05 bits per heavy atom. The lowest BCUT2D eigenvalue weighted by atomic mass is 10.1. The molecule has 4 heteroatoms. The van der Waals surface area contributed by atoms with E-state index in [-0.39, 0.29) is 0 Å². The molecular weight excluding hydrogens is 266 g/mol. The van der Waals surface area contributed by atoms with Crippen molar-refractivity contribution in [3.8, 4) is 17.0 Å². The maximum Gasteiger partial charge on any atom is 0.174 e. The van der Waals surface area contributed by atoms with Crippen LogP contribution in [0.3, 0.4) is 0 Å². The molecule has 3 rings (SSSR count). The molecule has 0 bridgehead atoms. The molecular formula is C17H13NO3. The summed E-state index contributed by atoms with van der Waals surface area (Å²) < 4.78 is 10.8. The summed E-state index contributed by atoms with van der Waals surface area (Å²) in [6.07, 6.45) is 0.798. The van der Waals surface area contributed by atoms with E-state index in [0.717, 1.165) is 17.5 Å². The highest BCUT2D eigenvalue weighted by atomic mass is 16.5. The fourth-order valence-corrected chi connectivity index (χ4v) is 1.92. The Bertz CT molecular complexity index is 717. The van der Waals surface area contributed by atoms with Gasteiger partial charge in [0.2, 0.25) is 0 Å². The summed E-state index contributed by atoms with van der Waals surface area (Å²) in [5.74, 6) is 1.33. The summed E-state index contributed by atoms with van der Waals surface area (Å²) in [4.78, 5) is 10.6. The maximum atomic E-state index is 10.6. The molecule has 0 saturated carbocycles. The topological polar surface area (TPSA) is 52.3 Å². The smallest absolute Gasteiger partial charge is 0.174 e. The lowest BCUT2D eigenvalue weighted by Crippen LogP contribution is -1.93. The van der Waals surface area contributed by atoms with E-state index in [1.54, 1.807) is 24.3 Å². The van der Waals surface area contributed by atoms with Crippen molar-refractivity contribution in [2.24, 2.45) is 0 Å². The van der Waals surface area contributed by atoms with E-state index < -0.39 is 0 Å². The Kier molecular flexibility index (Phi) is 3.78. The molecule has 1 heterocycles. The molecule has 0 saturated heterocycles. The number of aromatic nitrogens is 1. The van der Waals surface area contributed by atoms with Crippen LogP contribution in [0.2, 0.25) is 0 Å². The van der Waals surface area contributed by atoms with E-state index in [9.17, 15) is 4.79 Å². The van der Waals surface area contributed by atoms with Gasteiger partial charge in [0, 0.05) is 17.2 Å². The van der Waals surface area contributed by atoms with Crippen LogP contribution >= 0.6 is 0 Å². The molecule has 0 aliphatic heterocycles. The molecule has 0 aliphatic rings. The summed E-state index contributed by atoms with van der Waals surface area (Å²) in [7, 11) is 0. The minimum atomic E-state index is 0.292. The highest BCUT2D eigenvalue weighted by Crippen LogP contribution is 2.20. The van der Waals surface area contributed by atoms with Crippen molar-refractivity contribution < 1.29 is 14.1 Å². The van der Waals surface area contributed by atoms with Crippen LogP contribution < -0.4 is 4.74 Å². The largest absolute Gasteiger partial charge is 0.486 e. The standard InChI is InChI=1S/C17H13NO3/c19-11-13-6-8-15(9-7-13)20-12-16-10-17(18-21-16)14-4-2-1-3-5-14/h1-11H,12H2. The number of rotatable bonds is 5. The van der Waals surface area contributed by atoms with Gasteiger partial charge >= 0.3 is 0 Å². The van der Waals surface area contributed by atoms with Gasteiger partial charge in [-0.05, 0) is 24.3 Å². The monoisotopic (exact) mass is 279 g/mol. The first kappa shape index (κ1) is 13.1. The van der Waals surface area contributed by atoms with Crippen LogP contribution in [0.5, 0.6) is 5.75 Å². The van der Waals surface area contributed by atoms with Crippen molar-refractivity contribution in [2.45, 2.75) is 6.61 Å². The molecule has 21 heavy (non-hydrogen) atoms. The minimum absolute atomic E-state index is 0.292. The van der Waals surface area contributed by atoms with E-state index in [4.69, 9.17) is 9.26 Å². The Morgan fingerprint density at radius 3 is 2.52 bits per heavy atom. The van der Waals surface area contributed by atoms with Gasteiger partial charge in [0.05, 0.1) is 0 Å². The zero-order chi connectivity index (χ0) is 14.5. The van der Waals surface area contributed by atoms with Gasteiger partial charge < -0.3 is 9.26 Å². The fraction of sp³-hybridized carbons (Fsp3) is 0.0588. The third-order valence-electron chi connectivity index (χ3n) is 3.03. The summed E-state index contributed by atoms with van der Waals surface area (Å²) >= 11 is 0. The third-order valence-corrected chi connectivity index (χ3v) is 3.03. The van der Waals surface area contributed by atoms with Gasteiger partial charge in [0.1, 0.15) is 24.3 Å². The number of benzene rings is 2. The van der Waals surface area contributed by atoms with Gasteiger partial charge in [0.15, 0.2) is 5.76 Å². The maximum absolute atomic E-state index is 10.6. The molecule has 0 amide bonds. The SMILES string of the molecule is O=Cc1ccc(OCc2cc(-c3ccccc3)no2)cc1. The lowest BCUT2D eigenvalue weighted by Gasteiger charge is -2.02. The minimum Gasteiger partial charge on any atom is -0.486 e. The van der Waals surface area contributed by atoms with Crippen LogP contribution in [0.1, 0.15) is 16.1 Å². The van der Waals surface area contributed by atoms with Crippen LogP contribution in [-0.2, 0) is 6.61 Å². The second kappa shape index (κ2) is 6.05. The second-order valence-electron chi connectivity index (χ2n) is 4.52. The van der Waals surface area contributed by atoms with E-state index >= 15 is 0 Å².